The van der Waals surface area contributed by atoms with Crippen molar-refractivity contribution in [2.45, 2.75) is 37.2 Å². The van der Waals surface area contributed by atoms with Gasteiger partial charge in [0.15, 0.2) is 6.29 Å². The SMILES string of the molecule is O[C@H]1[C@@H]2OC[C@@H](O2)[C@@H](O)[C@@H]1NCc1ccccc1. The molecule has 0 amide bonds. The fourth-order valence-electron chi connectivity index (χ4n) is 2.47. The first kappa shape index (κ1) is 12.1. The number of benzene rings is 1. The highest BCUT2D eigenvalue weighted by molar-refractivity contribution is 5.14. The van der Waals surface area contributed by atoms with Crippen molar-refractivity contribution in [1.29, 1.82) is 0 Å². The summed E-state index contributed by atoms with van der Waals surface area (Å²) in [6.45, 7) is 0.936. The number of hydrogen-bond acceptors (Lipinski definition) is 5. The molecule has 0 spiro atoms. The Kier molecular flexibility index (Phi) is 3.32. The molecule has 2 heterocycles. The van der Waals surface area contributed by atoms with Gasteiger partial charge >= 0.3 is 0 Å². The molecule has 2 bridgehead atoms. The number of nitrogens with one attached hydrogen (secondary N) is 1. The minimum absolute atomic E-state index is 0.340. The molecular weight excluding hydrogens is 234 g/mol. The van der Waals surface area contributed by atoms with E-state index >= 15 is 0 Å². The van der Waals surface area contributed by atoms with E-state index in [-0.39, 0.29) is 6.10 Å². The third-order valence-electron chi connectivity index (χ3n) is 3.51. The van der Waals surface area contributed by atoms with E-state index in [1.807, 2.05) is 30.3 Å². The second-order valence-electron chi connectivity index (χ2n) is 4.75. The smallest absolute Gasteiger partial charge is 0.185 e. The Bertz CT molecular complexity index is 383. The Morgan fingerprint density at radius 2 is 1.94 bits per heavy atom. The standard InChI is InChI=1S/C13H17NO4/c15-11-9-7-17-13(18-9)12(16)10(11)14-6-8-4-2-1-3-5-8/h1-5,9-16H,6-7H2/t9-,10+,11-,12-,13-/m1/s1. The molecule has 0 aliphatic carbocycles. The van der Waals surface area contributed by atoms with Gasteiger partial charge in [0.05, 0.1) is 12.6 Å². The van der Waals surface area contributed by atoms with E-state index in [0.717, 1.165) is 5.56 Å². The van der Waals surface area contributed by atoms with E-state index in [1.54, 1.807) is 0 Å². The van der Waals surface area contributed by atoms with Crippen LogP contribution in [-0.4, -0.2) is 47.5 Å². The van der Waals surface area contributed by atoms with Crippen LogP contribution in [0.2, 0.25) is 0 Å². The zero-order valence-corrected chi connectivity index (χ0v) is 9.90. The number of aliphatic hydroxyl groups excluding tert-OH is 2. The van der Waals surface area contributed by atoms with Crippen LogP contribution in [0.1, 0.15) is 5.56 Å². The molecule has 5 atom stereocenters. The zero-order chi connectivity index (χ0) is 12.5. The second kappa shape index (κ2) is 4.95. The molecule has 3 N–H and O–H groups in total. The number of aliphatic hydroxyl groups is 2. The molecular formula is C13H17NO4. The van der Waals surface area contributed by atoms with E-state index in [2.05, 4.69) is 5.32 Å². The third-order valence-corrected chi connectivity index (χ3v) is 3.51. The Morgan fingerprint density at radius 3 is 2.72 bits per heavy atom. The Labute approximate surface area is 105 Å². The van der Waals surface area contributed by atoms with Gasteiger partial charge in [-0.05, 0) is 5.56 Å². The first-order valence-electron chi connectivity index (χ1n) is 6.16. The van der Waals surface area contributed by atoms with Gasteiger partial charge in [-0.3, -0.25) is 0 Å². The maximum Gasteiger partial charge on any atom is 0.185 e. The van der Waals surface area contributed by atoms with Gasteiger partial charge < -0.3 is 25.0 Å². The average Bonchev–Trinajstić information content (AvgIpc) is 2.85. The first-order chi connectivity index (χ1) is 8.75. The molecule has 0 aromatic heterocycles. The number of fused-ring (bicyclic) bond motifs is 2. The highest BCUT2D eigenvalue weighted by Gasteiger charge is 2.49. The van der Waals surface area contributed by atoms with Crippen molar-refractivity contribution in [3.05, 3.63) is 35.9 Å². The lowest BCUT2D eigenvalue weighted by atomic mass is 9.98. The van der Waals surface area contributed by atoms with Crippen LogP contribution in [0, 0.1) is 0 Å². The molecule has 5 nitrogen and oxygen atoms in total. The van der Waals surface area contributed by atoms with Gasteiger partial charge in [0.25, 0.3) is 0 Å². The monoisotopic (exact) mass is 251 g/mol. The maximum atomic E-state index is 10.1. The van der Waals surface area contributed by atoms with Crippen LogP contribution in [0.25, 0.3) is 0 Å². The summed E-state index contributed by atoms with van der Waals surface area (Å²) in [5.41, 5.74) is 1.11. The van der Waals surface area contributed by atoms with E-state index in [1.165, 1.54) is 0 Å². The van der Waals surface area contributed by atoms with Crippen LogP contribution in [0.4, 0.5) is 0 Å². The van der Waals surface area contributed by atoms with E-state index in [4.69, 9.17) is 9.47 Å². The van der Waals surface area contributed by atoms with E-state index < -0.39 is 24.5 Å². The summed E-state index contributed by atoms with van der Waals surface area (Å²) >= 11 is 0. The molecule has 1 aromatic carbocycles. The summed E-state index contributed by atoms with van der Waals surface area (Å²) in [5.74, 6) is 0. The van der Waals surface area contributed by atoms with Crippen molar-refractivity contribution in [3.63, 3.8) is 0 Å². The second-order valence-corrected chi connectivity index (χ2v) is 4.75. The number of ether oxygens (including phenoxy) is 2. The van der Waals surface area contributed by atoms with Crippen molar-refractivity contribution >= 4 is 0 Å². The Morgan fingerprint density at radius 1 is 1.17 bits per heavy atom. The summed E-state index contributed by atoms with van der Waals surface area (Å²) in [6.07, 6.45) is -2.55. The van der Waals surface area contributed by atoms with Gasteiger partial charge in [-0.1, -0.05) is 30.3 Å². The lowest BCUT2D eigenvalue weighted by Crippen LogP contribution is -2.59. The zero-order valence-electron chi connectivity index (χ0n) is 9.90. The molecule has 98 valence electrons. The fourth-order valence-corrected chi connectivity index (χ4v) is 2.47. The molecule has 1 aromatic rings. The molecule has 0 saturated carbocycles. The quantitative estimate of drug-likeness (QED) is 0.683. The highest BCUT2D eigenvalue weighted by Crippen LogP contribution is 2.28. The molecule has 0 unspecified atom stereocenters. The van der Waals surface area contributed by atoms with E-state index in [0.29, 0.717) is 13.2 Å². The molecule has 2 aliphatic rings. The number of rotatable bonds is 3. The molecule has 2 fully saturated rings. The normalized spacial score (nSPS) is 38.9. The van der Waals surface area contributed by atoms with Crippen molar-refractivity contribution in [2.75, 3.05) is 6.61 Å². The largest absolute Gasteiger partial charge is 0.389 e. The van der Waals surface area contributed by atoms with Gasteiger partial charge in [0.2, 0.25) is 0 Å². The van der Waals surface area contributed by atoms with Crippen LogP contribution in [0.5, 0.6) is 0 Å². The minimum Gasteiger partial charge on any atom is -0.389 e. The van der Waals surface area contributed by atoms with Gasteiger partial charge in [-0.2, -0.15) is 0 Å². The first-order valence-corrected chi connectivity index (χ1v) is 6.16. The third kappa shape index (κ3) is 2.15. The van der Waals surface area contributed by atoms with Crippen LogP contribution in [0.15, 0.2) is 30.3 Å². The van der Waals surface area contributed by atoms with Gasteiger partial charge in [-0.25, -0.2) is 0 Å². The van der Waals surface area contributed by atoms with E-state index in [9.17, 15) is 10.2 Å². The molecule has 3 rings (SSSR count). The van der Waals surface area contributed by atoms with Gasteiger partial charge in [0, 0.05) is 6.54 Å². The molecule has 0 radical (unpaired) electrons. The Hall–Kier alpha value is -0.980. The lowest BCUT2D eigenvalue weighted by Gasteiger charge is -2.36. The predicted molar refractivity (Wildman–Crippen MR) is 63.7 cm³/mol. The van der Waals surface area contributed by atoms with Crippen LogP contribution < -0.4 is 5.32 Å². The molecule has 2 aliphatic heterocycles. The minimum atomic E-state index is -0.845. The maximum absolute atomic E-state index is 10.1. The van der Waals surface area contributed by atoms with Crippen molar-refractivity contribution in [2.24, 2.45) is 0 Å². The topological polar surface area (TPSA) is 71.0 Å². The highest BCUT2D eigenvalue weighted by atomic mass is 16.7. The van der Waals surface area contributed by atoms with Gasteiger partial charge in [0.1, 0.15) is 18.3 Å². The van der Waals surface area contributed by atoms with Crippen LogP contribution in [0.3, 0.4) is 0 Å². The Balaban J connectivity index is 1.65. The molecule has 5 heteroatoms. The lowest BCUT2D eigenvalue weighted by molar-refractivity contribution is -0.195. The van der Waals surface area contributed by atoms with Gasteiger partial charge in [-0.15, -0.1) is 0 Å². The predicted octanol–water partition coefficient (Wildman–Crippen LogP) is -0.378. The number of hydrogen-bond donors (Lipinski definition) is 3. The summed E-state index contributed by atoms with van der Waals surface area (Å²) in [6, 6.07) is 9.44. The average molecular weight is 251 g/mol. The molecule has 2 saturated heterocycles. The molecule has 18 heavy (non-hydrogen) atoms. The van der Waals surface area contributed by atoms with Crippen molar-refractivity contribution < 1.29 is 19.7 Å². The van der Waals surface area contributed by atoms with Crippen molar-refractivity contribution in [3.8, 4) is 0 Å². The summed E-state index contributed by atoms with van der Waals surface area (Å²) < 4.78 is 10.6. The summed E-state index contributed by atoms with van der Waals surface area (Å²) in [7, 11) is 0. The van der Waals surface area contributed by atoms with Crippen LogP contribution in [-0.2, 0) is 16.0 Å². The van der Waals surface area contributed by atoms with Crippen LogP contribution >= 0.6 is 0 Å². The fraction of sp³-hybridized carbons (Fsp3) is 0.538. The summed E-state index contributed by atoms with van der Waals surface area (Å²) in [4.78, 5) is 0. The van der Waals surface area contributed by atoms with Crippen molar-refractivity contribution in [1.82, 2.24) is 5.32 Å². The summed E-state index contributed by atoms with van der Waals surface area (Å²) in [5, 5.41) is 23.3.